The van der Waals surface area contributed by atoms with Crippen LogP contribution in [-0.2, 0) is 7.05 Å². The molecule has 1 N–H and O–H groups in total. The molecule has 0 radical (unpaired) electrons. The van der Waals surface area contributed by atoms with Gasteiger partial charge in [0, 0.05) is 36.6 Å². The largest absolute Gasteiger partial charge is 0.345 e. The van der Waals surface area contributed by atoms with Crippen LogP contribution in [0.15, 0.2) is 61.3 Å². The molecule has 0 aliphatic heterocycles. The smallest absolute Gasteiger partial charge is 0.270 e. The van der Waals surface area contributed by atoms with Gasteiger partial charge in [-0.3, -0.25) is 13.9 Å². The van der Waals surface area contributed by atoms with Crippen LogP contribution in [-0.4, -0.2) is 48.0 Å². The second-order valence-corrected chi connectivity index (χ2v) is 7.22. The summed E-state index contributed by atoms with van der Waals surface area (Å²) in [5.74, 6) is -0.614. The summed E-state index contributed by atoms with van der Waals surface area (Å²) in [5, 5.41) is 7.23. The number of rotatable bonds is 5. The van der Waals surface area contributed by atoms with Gasteiger partial charge in [-0.1, -0.05) is 0 Å². The van der Waals surface area contributed by atoms with Gasteiger partial charge in [0.2, 0.25) is 0 Å². The molecule has 0 aliphatic carbocycles. The topological polar surface area (TPSA) is 90.0 Å². The van der Waals surface area contributed by atoms with Crippen LogP contribution in [0.4, 0.5) is 8.78 Å². The second-order valence-electron chi connectivity index (χ2n) is 7.22. The molecule has 5 aromatic heterocycles. The number of aromatic nitrogens is 6. The molecule has 8 nitrogen and oxygen atoms in total. The van der Waals surface area contributed by atoms with Gasteiger partial charge in [-0.2, -0.15) is 5.10 Å². The molecule has 0 saturated carbocycles. The minimum absolute atomic E-state index is 0.179. The molecule has 0 bridgehead atoms. The van der Waals surface area contributed by atoms with Gasteiger partial charge in [-0.25, -0.2) is 23.7 Å². The van der Waals surface area contributed by atoms with Crippen LogP contribution in [0.1, 0.15) is 10.5 Å². The standard InChI is InChI=1S/C22H17F2N7O/c1-30-11-14(8-28-30)17-4-3-16-15(6-7-25-21(16)29-17)13-2-5-20-26-9-18(31(20)12-13)22(32)27-10-19(23)24/h2-9,11-12,19H,10H2,1H3,(H,27,32). The van der Waals surface area contributed by atoms with Crippen molar-refractivity contribution in [1.82, 2.24) is 34.4 Å². The summed E-state index contributed by atoms with van der Waals surface area (Å²) >= 11 is 0. The van der Waals surface area contributed by atoms with Crippen LogP contribution in [0.25, 0.3) is 39.1 Å². The Morgan fingerprint density at radius 1 is 1.06 bits per heavy atom. The molecule has 0 unspecified atom stereocenters. The van der Waals surface area contributed by atoms with Gasteiger partial charge in [0.05, 0.1) is 24.6 Å². The maximum Gasteiger partial charge on any atom is 0.270 e. The lowest BCUT2D eigenvalue weighted by atomic mass is 10.0. The van der Waals surface area contributed by atoms with Crippen molar-refractivity contribution in [2.24, 2.45) is 7.05 Å². The second kappa shape index (κ2) is 7.80. The fourth-order valence-corrected chi connectivity index (χ4v) is 3.56. The van der Waals surface area contributed by atoms with Crippen molar-refractivity contribution in [2.45, 2.75) is 6.43 Å². The molecule has 5 heterocycles. The minimum atomic E-state index is -2.62. The van der Waals surface area contributed by atoms with Gasteiger partial charge in [0.15, 0.2) is 5.65 Å². The Morgan fingerprint density at radius 2 is 1.94 bits per heavy atom. The lowest BCUT2D eigenvalue weighted by Gasteiger charge is -2.09. The monoisotopic (exact) mass is 433 g/mol. The number of hydrogen-bond donors (Lipinski definition) is 1. The van der Waals surface area contributed by atoms with E-state index in [9.17, 15) is 13.6 Å². The molecule has 5 rings (SSSR count). The third kappa shape index (κ3) is 3.55. The van der Waals surface area contributed by atoms with E-state index in [1.807, 2.05) is 37.5 Å². The minimum Gasteiger partial charge on any atom is -0.345 e. The molecule has 0 atom stereocenters. The van der Waals surface area contributed by atoms with Crippen molar-refractivity contribution in [3.05, 3.63) is 67.0 Å². The number of hydrogen-bond acceptors (Lipinski definition) is 5. The molecular weight excluding hydrogens is 416 g/mol. The van der Waals surface area contributed by atoms with Crippen molar-refractivity contribution >= 4 is 22.6 Å². The Hall–Kier alpha value is -4.21. The normalized spacial score (nSPS) is 11.5. The van der Waals surface area contributed by atoms with Crippen molar-refractivity contribution < 1.29 is 13.6 Å². The molecule has 0 aromatic carbocycles. The average molecular weight is 433 g/mol. The third-order valence-electron chi connectivity index (χ3n) is 5.07. The van der Waals surface area contributed by atoms with Crippen molar-refractivity contribution in [1.29, 1.82) is 0 Å². The maximum atomic E-state index is 12.5. The van der Waals surface area contributed by atoms with Crippen LogP contribution in [0.5, 0.6) is 0 Å². The third-order valence-corrected chi connectivity index (χ3v) is 5.07. The quantitative estimate of drug-likeness (QED) is 0.459. The number of alkyl halides is 2. The van der Waals surface area contributed by atoms with Crippen molar-refractivity contribution in [3.63, 3.8) is 0 Å². The number of amides is 1. The highest BCUT2D eigenvalue weighted by atomic mass is 19.3. The number of nitrogens with zero attached hydrogens (tertiary/aromatic N) is 6. The van der Waals surface area contributed by atoms with E-state index in [-0.39, 0.29) is 5.69 Å². The molecule has 160 valence electrons. The molecule has 5 aromatic rings. The number of carbonyl (C=O) groups excluding carboxylic acids is 1. The highest BCUT2D eigenvalue weighted by Gasteiger charge is 2.15. The lowest BCUT2D eigenvalue weighted by Crippen LogP contribution is -2.29. The first-order valence-electron chi connectivity index (χ1n) is 9.78. The summed E-state index contributed by atoms with van der Waals surface area (Å²) in [5.41, 5.74) is 4.62. The Bertz CT molecular complexity index is 1460. The first-order chi connectivity index (χ1) is 15.5. The van der Waals surface area contributed by atoms with E-state index in [1.54, 1.807) is 33.7 Å². The van der Waals surface area contributed by atoms with Gasteiger partial charge in [-0.15, -0.1) is 0 Å². The predicted molar refractivity (Wildman–Crippen MR) is 114 cm³/mol. The zero-order chi connectivity index (χ0) is 22.2. The molecular formula is C22H17F2N7O. The number of halogens is 2. The fourth-order valence-electron chi connectivity index (χ4n) is 3.56. The zero-order valence-corrected chi connectivity index (χ0v) is 16.9. The molecule has 32 heavy (non-hydrogen) atoms. The number of carbonyl (C=O) groups is 1. The highest BCUT2D eigenvalue weighted by Crippen LogP contribution is 2.29. The summed E-state index contributed by atoms with van der Waals surface area (Å²) in [6, 6.07) is 9.36. The number of pyridine rings is 3. The predicted octanol–water partition coefficient (Wildman–Crippen LogP) is 3.34. The Kier molecular flexibility index (Phi) is 4.81. The molecule has 0 aliphatic rings. The molecule has 0 spiro atoms. The van der Waals surface area contributed by atoms with E-state index in [0.29, 0.717) is 11.3 Å². The van der Waals surface area contributed by atoms with Crippen LogP contribution in [0.3, 0.4) is 0 Å². The summed E-state index contributed by atoms with van der Waals surface area (Å²) in [7, 11) is 1.84. The Balaban J connectivity index is 1.56. The zero-order valence-electron chi connectivity index (χ0n) is 16.9. The first kappa shape index (κ1) is 19.7. The van der Waals surface area contributed by atoms with E-state index < -0.39 is 18.9 Å². The Labute approximate surface area is 180 Å². The van der Waals surface area contributed by atoms with Crippen LogP contribution < -0.4 is 5.32 Å². The summed E-state index contributed by atoms with van der Waals surface area (Å²) in [6.07, 6.45) is 5.79. The molecule has 0 fully saturated rings. The van der Waals surface area contributed by atoms with Gasteiger partial charge in [0.1, 0.15) is 11.3 Å². The van der Waals surface area contributed by atoms with Crippen molar-refractivity contribution in [3.8, 4) is 22.4 Å². The van der Waals surface area contributed by atoms with E-state index in [4.69, 9.17) is 0 Å². The molecule has 1 amide bonds. The number of nitrogens with one attached hydrogen (secondary N) is 1. The molecule has 0 saturated heterocycles. The summed E-state index contributed by atoms with van der Waals surface area (Å²) in [4.78, 5) is 25.6. The fraction of sp³-hybridized carbons (Fsp3) is 0.136. The van der Waals surface area contributed by atoms with Gasteiger partial charge in [-0.05, 0) is 41.5 Å². The van der Waals surface area contributed by atoms with Gasteiger partial charge in [0.25, 0.3) is 12.3 Å². The summed E-state index contributed by atoms with van der Waals surface area (Å²) < 4.78 is 28.2. The molecule has 10 heteroatoms. The first-order valence-corrected chi connectivity index (χ1v) is 9.78. The van der Waals surface area contributed by atoms with E-state index >= 15 is 0 Å². The SMILES string of the molecule is Cn1cc(-c2ccc3c(-c4ccc5ncc(C(=O)NCC(F)F)n5c4)ccnc3n2)cn1. The van der Waals surface area contributed by atoms with Gasteiger partial charge < -0.3 is 5.32 Å². The average Bonchev–Trinajstić information content (AvgIpc) is 3.42. The maximum absolute atomic E-state index is 12.5. The highest BCUT2D eigenvalue weighted by molar-refractivity contribution is 5.95. The van der Waals surface area contributed by atoms with Crippen LogP contribution in [0, 0.1) is 0 Å². The van der Waals surface area contributed by atoms with E-state index in [1.165, 1.54) is 6.20 Å². The van der Waals surface area contributed by atoms with Gasteiger partial charge >= 0.3 is 0 Å². The van der Waals surface area contributed by atoms with E-state index in [0.717, 1.165) is 27.8 Å². The number of imidazole rings is 1. The van der Waals surface area contributed by atoms with Crippen LogP contribution in [0.2, 0.25) is 0 Å². The van der Waals surface area contributed by atoms with Crippen molar-refractivity contribution in [2.75, 3.05) is 6.54 Å². The van der Waals surface area contributed by atoms with E-state index in [2.05, 4.69) is 25.4 Å². The number of aryl methyl sites for hydroxylation is 1. The summed E-state index contributed by atoms with van der Waals surface area (Å²) in [6.45, 7) is -0.717. The number of fused-ring (bicyclic) bond motifs is 2. The van der Waals surface area contributed by atoms with Crippen LogP contribution >= 0.6 is 0 Å². The lowest BCUT2D eigenvalue weighted by molar-refractivity contribution is 0.0886. The Morgan fingerprint density at radius 3 is 2.72 bits per heavy atom.